The predicted molar refractivity (Wildman–Crippen MR) is 119 cm³/mol. The van der Waals surface area contributed by atoms with Crippen LogP contribution in [0.2, 0.25) is 0 Å². The summed E-state index contributed by atoms with van der Waals surface area (Å²) in [6.45, 7) is 3.92. The third-order valence-electron chi connectivity index (χ3n) is 5.57. The molecule has 2 aromatic rings. The number of nitrogens with zero attached hydrogens (tertiary/aromatic N) is 3. The number of fused-ring (bicyclic) bond motifs is 1. The summed E-state index contributed by atoms with van der Waals surface area (Å²) in [5.41, 5.74) is 2.36. The van der Waals surface area contributed by atoms with E-state index in [1.54, 1.807) is 4.31 Å². The standard InChI is InChI=1S/C21H28N4O3S2/c26-20(9-6-14-30(27,28)25-11-4-5-12-25)23-21-22-18-10-13-24(16-19(18)29-21)15-17-7-2-1-3-8-17/h1-3,7-8H,4-6,9-16H2,(H,22,23,26). The molecule has 9 heteroatoms. The maximum absolute atomic E-state index is 12.3. The van der Waals surface area contributed by atoms with Crippen molar-refractivity contribution in [1.82, 2.24) is 14.2 Å². The lowest BCUT2D eigenvalue weighted by Crippen LogP contribution is -2.30. The lowest BCUT2D eigenvalue weighted by molar-refractivity contribution is -0.116. The van der Waals surface area contributed by atoms with Crippen molar-refractivity contribution in [3.63, 3.8) is 0 Å². The number of benzene rings is 1. The molecular weight excluding hydrogens is 420 g/mol. The molecule has 2 aliphatic rings. The first-order chi connectivity index (χ1) is 14.5. The molecule has 1 N–H and O–H groups in total. The molecule has 3 heterocycles. The molecule has 1 saturated heterocycles. The Balaban J connectivity index is 1.25. The van der Waals surface area contributed by atoms with Crippen LogP contribution >= 0.6 is 11.3 Å². The Bertz CT molecular complexity index is 969. The molecule has 0 saturated carbocycles. The summed E-state index contributed by atoms with van der Waals surface area (Å²) in [5.74, 6) is -0.137. The molecule has 162 valence electrons. The van der Waals surface area contributed by atoms with Gasteiger partial charge in [0.15, 0.2) is 5.13 Å². The second-order valence-corrected chi connectivity index (χ2v) is 11.1. The van der Waals surface area contributed by atoms with E-state index in [2.05, 4.69) is 39.5 Å². The van der Waals surface area contributed by atoms with Crippen molar-refractivity contribution in [3.05, 3.63) is 46.5 Å². The quantitative estimate of drug-likeness (QED) is 0.672. The number of carbonyl (C=O) groups excluding carboxylic acids is 1. The van der Waals surface area contributed by atoms with Crippen LogP contribution in [0.5, 0.6) is 0 Å². The number of aromatic nitrogens is 1. The molecule has 1 aromatic carbocycles. The highest BCUT2D eigenvalue weighted by Gasteiger charge is 2.25. The third-order valence-corrected chi connectivity index (χ3v) is 8.52. The zero-order valence-corrected chi connectivity index (χ0v) is 18.7. The summed E-state index contributed by atoms with van der Waals surface area (Å²) in [6.07, 6.45) is 3.26. The third kappa shape index (κ3) is 5.46. The van der Waals surface area contributed by atoms with Crippen molar-refractivity contribution >= 4 is 32.4 Å². The fraction of sp³-hybridized carbons (Fsp3) is 0.524. The van der Waals surface area contributed by atoms with Crippen LogP contribution in [-0.2, 0) is 34.3 Å². The SMILES string of the molecule is O=C(CCCS(=O)(=O)N1CCCC1)Nc1nc2c(s1)CN(Cc1ccccc1)CC2. The Morgan fingerprint density at radius 2 is 1.90 bits per heavy atom. The number of carbonyl (C=O) groups is 1. The van der Waals surface area contributed by atoms with Crippen molar-refractivity contribution in [3.8, 4) is 0 Å². The fourth-order valence-electron chi connectivity index (χ4n) is 3.97. The van der Waals surface area contributed by atoms with Gasteiger partial charge in [-0.25, -0.2) is 17.7 Å². The second-order valence-electron chi connectivity index (χ2n) is 7.91. The molecule has 7 nitrogen and oxygen atoms in total. The van der Waals surface area contributed by atoms with Gasteiger partial charge >= 0.3 is 0 Å². The van der Waals surface area contributed by atoms with Crippen molar-refractivity contribution in [1.29, 1.82) is 0 Å². The second kappa shape index (κ2) is 9.55. The Hall–Kier alpha value is -1.81. The lowest BCUT2D eigenvalue weighted by Gasteiger charge is -2.25. The first kappa shape index (κ1) is 21.4. The minimum atomic E-state index is -3.23. The van der Waals surface area contributed by atoms with Crippen LogP contribution < -0.4 is 5.32 Å². The van der Waals surface area contributed by atoms with Gasteiger partial charge in [-0.05, 0) is 24.8 Å². The van der Waals surface area contributed by atoms with Gasteiger partial charge in [0.05, 0.1) is 11.4 Å². The normalized spacial score (nSPS) is 17.7. The van der Waals surface area contributed by atoms with E-state index >= 15 is 0 Å². The highest BCUT2D eigenvalue weighted by molar-refractivity contribution is 7.89. The first-order valence-corrected chi connectivity index (χ1v) is 12.9. The summed E-state index contributed by atoms with van der Waals surface area (Å²) in [6, 6.07) is 10.4. The van der Waals surface area contributed by atoms with Crippen LogP contribution in [0.3, 0.4) is 0 Å². The van der Waals surface area contributed by atoms with Crippen LogP contribution in [0, 0.1) is 0 Å². The summed E-state index contributed by atoms with van der Waals surface area (Å²) in [5, 5.41) is 3.48. The van der Waals surface area contributed by atoms with Gasteiger partial charge in [-0.15, -0.1) is 11.3 Å². The minimum absolute atomic E-state index is 0.0310. The topological polar surface area (TPSA) is 82.6 Å². The summed E-state index contributed by atoms with van der Waals surface area (Å²) in [4.78, 5) is 20.5. The highest BCUT2D eigenvalue weighted by atomic mass is 32.2. The number of hydrogen-bond acceptors (Lipinski definition) is 6. The van der Waals surface area contributed by atoms with Gasteiger partial charge in [0.25, 0.3) is 0 Å². The number of amides is 1. The maximum atomic E-state index is 12.3. The molecule has 0 aliphatic carbocycles. The highest BCUT2D eigenvalue weighted by Crippen LogP contribution is 2.29. The number of anilines is 1. The van der Waals surface area contributed by atoms with Crippen LogP contribution in [-0.4, -0.2) is 53.9 Å². The predicted octanol–water partition coefficient (Wildman–Crippen LogP) is 2.85. The number of hydrogen-bond donors (Lipinski definition) is 1. The van der Waals surface area contributed by atoms with Crippen LogP contribution in [0.4, 0.5) is 5.13 Å². The Morgan fingerprint density at radius 3 is 2.67 bits per heavy atom. The van der Waals surface area contributed by atoms with Crippen molar-refractivity contribution < 1.29 is 13.2 Å². The van der Waals surface area contributed by atoms with Gasteiger partial charge in [0.1, 0.15) is 0 Å². The Labute approximate surface area is 182 Å². The van der Waals surface area contributed by atoms with Crippen molar-refractivity contribution in [2.45, 2.75) is 45.2 Å². The van der Waals surface area contributed by atoms with Gasteiger partial charge in [0, 0.05) is 50.4 Å². The van der Waals surface area contributed by atoms with E-state index in [0.29, 0.717) is 24.6 Å². The molecule has 30 heavy (non-hydrogen) atoms. The van der Waals surface area contributed by atoms with Crippen LogP contribution in [0.25, 0.3) is 0 Å². The zero-order chi connectivity index (χ0) is 21.0. The Morgan fingerprint density at radius 1 is 1.13 bits per heavy atom. The molecule has 0 bridgehead atoms. The molecule has 1 aromatic heterocycles. The van der Waals surface area contributed by atoms with Gasteiger partial charge in [-0.1, -0.05) is 30.3 Å². The average Bonchev–Trinajstić information content (AvgIpc) is 3.38. The summed E-state index contributed by atoms with van der Waals surface area (Å²) < 4.78 is 26.0. The Kier molecular flexibility index (Phi) is 6.82. The van der Waals surface area contributed by atoms with E-state index in [1.165, 1.54) is 21.8 Å². The molecule has 0 unspecified atom stereocenters. The number of rotatable bonds is 8. The van der Waals surface area contributed by atoms with Gasteiger partial charge in [-0.2, -0.15) is 0 Å². The number of sulfonamides is 1. The van der Waals surface area contributed by atoms with Gasteiger partial charge in [0.2, 0.25) is 15.9 Å². The molecule has 4 rings (SSSR count). The molecule has 1 amide bonds. The molecule has 1 fully saturated rings. The van der Waals surface area contributed by atoms with Crippen LogP contribution in [0.15, 0.2) is 30.3 Å². The van der Waals surface area contributed by atoms with E-state index in [0.717, 1.165) is 44.6 Å². The van der Waals surface area contributed by atoms with E-state index in [1.807, 2.05) is 6.07 Å². The van der Waals surface area contributed by atoms with Crippen molar-refractivity contribution in [2.24, 2.45) is 0 Å². The minimum Gasteiger partial charge on any atom is -0.302 e. The molecule has 0 radical (unpaired) electrons. The smallest absolute Gasteiger partial charge is 0.226 e. The average molecular weight is 449 g/mol. The zero-order valence-electron chi connectivity index (χ0n) is 17.0. The summed E-state index contributed by atoms with van der Waals surface area (Å²) >= 11 is 1.53. The van der Waals surface area contributed by atoms with E-state index in [4.69, 9.17) is 0 Å². The number of nitrogens with one attached hydrogen (secondary N) is 1. The summed E-state index contributed by atoms with van der Waals surface area (Å²) in [7, 11) is -3.23. The van der Waals surface area contributed by atoms with E-state index < -0.39 is 10.0 Å². The van der Waals surface area contributed by atoms with Crippen LogP contribution in [0.1, 0.15) is 41.8 Å². The largest absolute Gasteiger partial charge is 0.302 e. The van der Waals surface area contributed by atoms with Crippen molar-refractivity contribution in [2.75, 3.05) is 30.7 Å². The molecule has 0 atom stereocenters. The molecule has 0 spiro atoms. The first-order valence-electron chi connectivity index (χ1n) is 10.5. The van der Waals surface area contributed by atoms with Gasteiger partial charge < -0.3 is 5.32 Å². The monoisotopic (exact) mass is 448 g/mol. The van der Waals surface area contributed by atoms with E-state index in [9.17, 15) is 13.2 Å². The molecule has 2 aliphatic heterocycles. The van der Waals surface area contributed by atoms with E-state index in [-0.39, 0.29) is 18.1 Å². The number of thiazole rings is 1. The van der Waals surface area contributed by atoms with Gasteiger partial charge in [-0.3, -0.25) is 9.69 Å². The maximum Gasteiger partial charge on any atom is 0.226 e. The fourth-order valence-corrected chi connectivity index (χ4v) is 6.62. The lowest BCUT2D eigenvalue weighted by atomic mass is 10.1. The molecular formula is C21H28N4O3S2.